The molecule has 2 aliphatic heterocycles. The molecule has 1 saturated heterocycles. The highest BCUT2D eigenvalue weighted by molar-refractivity contribution is 5.88. The fourth-order valence-corrected chi connectivity index (χ4v) is 3.55. The number of carbonyl (C=O) groups is 1. The summed E-state index contributed by atoms with van der Waals surface area (Å²) in [5, 5.41) is 3.16. The number of rotatable bonds is 3. The second kappa shape index (κ2) is 7.22. The van der Waals surface area contributed by atoms with Crippen molar-refractivity contribution in [3.05, 3.63) is 54.1 Å². The van der Waals surface area contributed by atoms with Crippen LogP contribution in [0.15, 0.2) is 48.6 Å². The lowest BCUT2D eigenvalue weighted by Gasteiger charge is -2.46. The molecule has 1 aromatic carbocycles. The highest BCUT2D eigenvalue weighted by Crippen LogP contribution is 2.43. The van der Waals surface area contributed by atoms with Crippen LogP contribution in [0.1, 0.15) is 37.8 Å². The summed E-state index contributed by atoms with van der Waals surface area (Å²) in [7, 11) is 2.15. The summed E-state index contributed by atoms with van der Waals surface area (Å²) in [6.07, 6.45) is 9.95. The highest BCUT2D eigenvalue weighted by atomic mass is 16.5. The van der Waals surface area contributed by atoms with E-state index in [0.717, 1.165) is 43.7 Å². The average Bonchev–Trinajstić information content (AvgIpc) is 2.58. The van der Waals surface area contributed by atoms with Crippen molar-refractivity contribution in [3.63, 3.8) is 0 Å². The lowest BCUT2D eigenvalue weighted by atomic mass is 9.80. The SMILES string of the molecule is CC=CC=CC(=O)NC1CC2(CCN(C)CC2)Oc2ccccc21. The number of likely N-dealkylation sites (tertiary alicyclic amines) is 1. The standard InChI is InChI=1S/C20H26N2O2/c1-3-4-5-10-19(23)21-17-15-20(11-13-22(2)14-12-20)24-18-9-7-6-8-16(17)18/h3-10,17H,11-15H2,1-2H3,(H,21,23). The molecular weight excluding hydrogens is 300 g/mol. The van der Waals surface area contributed by atoms with E-state index in [4.69, 9.17) is 4.74 Å². The minimum atomic E-state index is -0.161. The number of benzene rings is 1. The Morgan fingerprint density at radius 1 is 1.29 bits per heavy atom. The van der Waals surface area contributed by atoms with Crippen LogP contribution in [-0.2, 0) is 4.79 Å². The average molecular weight is 326 g/mol. The van der Waals surface area contributed by atoms with E-state index in [1.165, 1.54) is 0 Å². The van der Waals surface area contributed by atoms with E-state index in [9.17, 15) is 4.79 Å². The van der Waals surface area contributed by atoms with E-state index in [1.807, 2.05) is 37.3 Å². The summed E-state index contributed by atoms with van der Waals surface area (Å²) in [4.78, 5) is 14.6. The van der Waals surface area contributed by atoms with E-state index >= 15 is 0 Å². The van der Waals surface area contributed by atoms with Gasteiger partial charge in [-0.1, -0.05) is 36.4 Å². The first-order valence-corrected chi connectivity index (χ1v) is 8.68. The Balaban J connectivity index is 1.80. The zero-order chi connectivity index (χ0) is 17.0. The molecule has 1 fully saturated rings. The van der Waals surface area contributed by atoms with Crippen molar-refractivity contribution >= 4 is 5.91 Å². The van der Waals surface area contributed by atoms with Crippen LogP contribution in [0.4, 0.5) is 0 Å². The largest absolute Gasteiger partial charge is 0.487 e. The van der Waals surface area contributed by atoms with Crippen LogP contribution in [0.25, 0.3) is 0 Å². The Morgan fingerprint density at radius 2 is 2.04 bits per heavy atom. The molecule has 0 bridgehead atoms. The van der Waals surface area contributed by atoms with E-state index in [1.54, 1.807) is 12.2 Å². The summed E-state index contributed by atoms with van der Waals surface area (Å²) in [5.74, 6) is 0.855. The van der Waals surface area contributed by atoms with Crippen LogP contribution < -0.4 is 10.1 Å². The molecule has 1 atom stereocenters. The maximum atomic E-state index is 12.2. The number of amides is 1. The van der Waals surface area contributed by atoms with Crippen LogP contribution in [0, 0.1) is 0 Å². The van der Waals surface area contributed by atoms with Gasteiger partial charge in [-0.25, -0.2) is 0 Å². The fraction of sp³-hybridized carbons (Fsp3) is 0.450. The van der Waals surface area contributed by atoms with Gasteiger partial charge in [-0.05, 0) is 32.9 Å². The van der Waals surface area contributed by atoms with E-state index in [0.29, 0.717) is 0 Å². The van der Waals surface area contributed by atoms with Gasteiger partial charge in [0.15, 0.2) is 0 Å². The van der Waals surface area contributed by atoms with Crippen LogP contribution in [0.2, 0.25) is 0 Å². The summed E-state index contributed by atoms with van der Waals surface area (Å²) >= 11 is 0. The molecule has 0 aromatic heterocycles. The third-order valence-electron chi connectivity index (χ3n) is 4.96. The Morgan fingerprint density at radius 3 is 2.79 bits per heavy atom. The predicted molar refractivity (Wildman–Crippen MR) is 96.0 cm³/mol. The molecule has 4 heteroatoms. The van der Waals surface area contributed by atoms with Gasteiger partial charge in [0.05, 0.1) is 6.04 Å². The lowest BCUT2D eigenvalue weighted by molar-refractivity contribution is -0.118. The summed E-state index contributed by atoms with van der Waals surface area (Å²) < 4.78 is 6.41. The first-order valence-electron chi connectivity index (χ1n) is 8.68. The number of nitrogens with zero attached hydrogens (tertiary/aromatic N) is 1. The van der Waals surface area contributed by atoms with Crippen molar-refractivity contribution in [1.82, 2.24) is 10.2 Å². The number of piperidine rings is 1. The van der Waals surface area contributed by atoms with Crippen molar-refractivity contribution in [2.24, 2.45) is 0 Å². The van der Waals surface area contributed by atoms with Crippen LogP contribution in [0.3, 0.4) is 0 Å². The third-order valence-corrected chi connectivity index (χ3v) is 4.96. The number of carbonyl (C=O) groups excluding carboxylic acids is 1. The topological polar surface area (TPSA) is 41.6 Å². The van der Waals surface area contributed by atoms with Crippen molar-refractivity contribution in [3.8, 4) is 5.75 Å². The van der Waals surface area contributed by atoms with Gasteiger partial charge in [0, 0.05) is 31.1 Å². The molecule has 4 nitrogen and oxygen atoms in total. The van der Waals surface area contributed by atoms with E-state index in [2.05, 4.69) is 23.3 Å². The maximum Gasteiger partial charge on any atom is 0.244 e. The quantitative estimate of drug-likeness (QED) is 0.685. The number of fused-ring (bicyclic) bond motifs is 1. The molecule has 2 aliphatic rings. The first kappa shape index (κ1) is 16.8. The number of hydrogen-bond donors (Lipinski definition) is 1. The summed E-state index contributed by atoms with van der Waals surface area (Å²) in [6.45, 7) is 3.99. The number of nitrogens with one attached hydrogen (secondary N) is 1. The lowest BCUT2D eigenvalue weighted by Crippen LogP contribution is -2.51. The molecule has 3 rings (SSSR count). The molecule has 1 amide bonds. The number of ether oxygens (including phenoxy) is 1. The van der Waals surface area contributed by atoms with Crippen molar-refractivity contribution < 1.29 is 9.53 Å². The Kier molecular flexibility index (Phi) is 5.05. The number of allylic oxidation sites excluding steroid dienone is 3. The van der Waals surface area contributed by atoms with Gasteiger partial charge in [-0.3, -0.25) is 4.79 Å². The number of para-hydroxylation sites is 1. The van der Waals surface area contributed by atoms with Gasteiger partial charge in [-0.15, -0.1) is 0 Å². The van der Waals surface area contributed by atoms with E-state index < -0.39 is 0 Å². The van der Waals surface area contributed by atoms with Crippen LogP contribution in [-0.4, -0.2) is 36.5 Å². The van der Waals surface area contributed by atoms with Crippen LogP contribution in [0.5, 0.6) is 5.75 Å². The van der Waals surface area contributed by atoms with Crippen molar-refractivity contribution in [1.29, 1.82) is 0 Å². The molecule has 0 radical (unpaired) electrons. The van der Waals surface area contributed by atoms with E-state index in [-0.39, 0.29) is 17.6 Å². The Labute approximate surface area is 144 Å². The maximum absolute atomic E-state index is 12.2. The predicted octanol–water partition coefficient (Wildman–Crippen LogP) is 3.22. The van der Waals surface area contributed by atoms with Gasteiger partial charge in [0.2, 0.25) is 5.91 Å². The van der Waals surface area contributed by atoms with Crippen LogP contribution >= 0.6 is 0 Å². The molecule has 128 valence electrons. The summed E-state index contributed by atoms with van der Waals surface area (Å²) in [5.41, 5.74) is 0.918. The number of hydrogen-bond acceptors (Lipinski definition) is 3. The molecule has 24 heavy (non-hydrogen) atoms. The zero-order valence-corrected chi connectivity index (χ0v) is 14.5. The smallest absolute Gasteiger partial charge is 0.244 e. The van der Waals surface area contributed by atoms with Crippen molar-refractivity contribution in [2.75, 3.05) is 20.1 Å². The molecule has 0 saturated carbocycles. The second-order valence-electron chi connectivity index (χ2n) is 6.78. The summed E-state index contributed by atoms with van der Waals surface area (Å²) in [6, 6.07) is 8.07. The Hall–Kier alpha value is -2.07. The molecule has 2 heterocycles. The Bertz CT molecular complexity index is 643. The monoisotopic (exact) mass is 326 g/mol. The minimum absolute atomic E-state index is 0.00103. The minimum Gasteiger partial charge on any atom is -0.487 e. The fourth-order valence-electron chi connectivity index (χ4n) is 3.55. The van der Waals surface area contributed by atoms with Gasteiger partial charge in [-0.2, -0.15) is 0 Å². The molecule has 1 unspecified atom stereocenters. The molecule has 1 aromatic rings. The first-order chi connectivity index (χ1) is 11.6. The van der Waals surface area contributed by atoms with Gasteiger partial charge in [0.25, 0.3) is 0 Å². The van der Waals surface area contributed by atoms with Gasteiger partial charge in [0.1, 0.15) is 11.4 Å². The zero-order valence-electron chi connectivity index (χ0n) is 14.5. The van der Waals surface area contributed by atoms with Crippen molar-refractivity contribution in [2.45, 2.75) is 37.8 Å². The molecular formula is C20H26N2O2. The molecule has 0 aliphatic carbocycles. The second-order valence-corrected chi connectivity index (χ2v) is 6.78. The highest BCUT2D eigenvalue weighted by Gasteiger charge is 2.42. The molecule has 1 N–H and O–H groups in total. The normalized spacial score (nSPS) is 23.3. The van der Waals surface area contributed by atoms with Gasteiger partial charge >= 0.3 is 0 Å². The third kappa shape index (κ3) is 3.70. The molecule has 1 spiro atoms. The van der Waals surface area contributed by atoms with Gasteiger partial charge < -0.3 is 15.0 Å².